The Balaban J connectivity index is 1.64. The van der Waals surface area contributed by atoms with Gasteiger partial charge in [-0.3, -0.25) is 4.79 Å². The summed E-state index contributed by atoms with van der Waals surface area (Å²) < 4.78 is 12.1. The Morgan fingerprint density at radius 2 is 1.63 bits per heavy atom. The van der Waals surface area contributed by atoms with E-state index in [0.29, 0.717) is 28.0 Å². The van der Waals surface area contributed by atoms with Crippen molar-refractivity contribution in [3.63, 3.8) is 0 Å². The van der Waals surface area contributed by atoms with Gasteiger partial charge in [0.15, 0.2) is 17.3 Å². The average molecular weight is 490 g/mol. The zero-order chi connectivity index (χ0) is 24.9. The van der Waals surface area contributed by atoms with Crippen LogP contribution in [0, 0.1) is 13.8 Å². The zero-order valence-electron chi connectivity index (χ0n) is 20.0. The summed E-state index contributed by atoms with van der Waals surface area (Å²) in [4.78, 5) is 13.4. The van der Waals surface area contributed by atoms with E-state index >= 15 is 0 Å². The maximum Gasteiger partial charge on any atom is 0.242 e. The third-order valence-electron chi connectivity index (χ3n) is 5.36. The fourth-order valence-electron chi connectivity index (χ4n) is 3.79. The number of ether oxygens (including phenoxy) is 2. The predicted octanol–water partition coefficient (Wildman–Crippen LogP) is 4.77. The van der Waals surface area contributed by atoms with E-state index < -0.39 is 5.25 Å². The lowest BCUT2D eigenvalue weighted by molar-refractivity contribution is -0.115. The molecule has 0 fully saturated rings. The van der Waals surface area contributed by atoms with E-state index in [0.717, 1.165) is 22.4 Å². The largest absolute Gasteiger partial charge is 0.493 e. The number of amides is 1. The number of benzene rings is 3. The Kier molecular flexibility index (Phi) is 7.26. The van der Waals surface area contributed by atoms with Gasteiger partial charge in [0.05, 0.1) is 14.2 Å². The Morgan fingerprint density at radius 1 is 0.943 bits per heavy atom. The summed E-state index contributed by atoms with van der Waals surface area (Å²) in [7, 11) is 3.14. The summed E-state index contributed by atoms with van der Waals surface area (Å²) >= 11 is 1.23. The van der Waals surface area contributed by atoms with Gasteiger partial charge in [-0.05, 0) is 60.9 Å². The Labute approximate surface area is 208 Å². The van der Waals surface area contributed by atoms with Crippen LogP contribution in [-0.4, -0.2) is 35.0 Å². The molecule has 180 valence electrons. The lowest BCUT2D eigenvalue weighted by Crippen LogP contribution is -2.20. The van der Waals surface area contributed by atoms with Gasteiger partial charge in [-0.1, -0.05) is 48.2 Å². The number of nitrogen functional groups attached to an aromatic ring is 1. The van der Waals surface area contributed by atoms with Gasteiger partial charge in [0.2, 0.25) is 11.1 Å². The molecule has 0 saturated carbocycles. The highest BCUT2D eigenvalue weighted by molar-refractivity contribution is 8.00. The van der Waals surface area contributed by atoms with E-state index in [2.05, 4.69) is 21.6 Å². The van der Waals surface area contributed by atoms with Crippen molar-refractivity contribution in [1.82, 2.24) is 14.9 Å². The molecule has 3 aromatic carbocycles. The quantitative estimate of drug-likeness (QED) is 0.271. The van der Waals surface area contributed by atoms with Gasteiger partial charge in [-0.2, -0.15) is 0 Å². The van der Waals surface area contributed by atoms with Gasteiger partial charge in [0.1, 0.15) is 5.25 Å². The van der Waals surface area contributed by atoms with Gasteiger partial charge in [0.25, 0.3) is 0 Å². The normalized spacial score (nSPS) is 11.7. The molecule has 0 aliphatic carbocycles. The first-order valence-corrected chi connectivity index (χ1v) is 11.8. The second-order valence-corrected chi connectivity index (χ2v) is 9.09. The van der Waals surface area contributed by atoms with Crippen molar-refractivity contribution in [3.8, 4) is 22.9 Å². The van der Waals surface area contributed by atoms with Crippen molar-refractivity contribution >= 4 is 23.4 Å². The number of thioether (sulfide) groups is 1. The summed E-state index contributed by atoms with van der Waals surface area (Å²) in [6.07, 6.45) is 0. The minimum atomic E-state index is -0.596. The fraction of sp³-hybridized carbons (Fsp3) is 0.192. The van der Waals surface area contributed by atoms with Crippen LogP contribution in [0.1, 0.15) is 21.9 Å². The van der Waals surface area contributed by atoms with Crippen LogP contribution < -0.4 is 20.6 Å². The maximum atomic E-state index is 13.4. The molecule has 0 bridgehead atoms. The number of aryl methyl sites for hydroxylation is 2. The molecule has 3 N–H and O–H groups in total. The number of aromatic nitrogens is 3. The second-order valence-electron chi connectivity index (χ2n) is 8.02. The van der Waals surface area contributed by atoms with Crippen LogP contribution >= 0.6 is 11.8 Å². The SMILES string of the molecule is COc1ccc(-c2nnc(SC(C(=O)Nc3cc(C)cc(C)c3)c3ccccc3)n2N)cc1OC. The first-order valence-electron chi connectivity index (χ1n) is 10.9. The number of nitrogens with zero attached hydrogens (tertiary/aromatic N) is 3. The number of anilines is 1. The molecule has 1 unspecified atom stereocenters. The number of methoxy groups -OCH3 is 2. The van der Waals surface area contributed by atoms with E-state index in [1.165, 1.54) is 16.4 Å². The van der Waals surface area contributed by atoms with Crippen molar-refractivity contribution in [2.45, 2.75) is 24.3 Å². The molecule has 0 aliphatic rings. The molecule has 35 heavy (non-hydrogen) atoms. The third kappa shape index (κ3) is 5.41. The minimum absolute atomic E-state index is 0.179. The fourth-order valence-corrected chi connectivity index (χ4v) is 4.75. The van der Waals surface area contributed by atoms with Crippen LogP contribution in [0.2, 0.25) is 0 Å². The number of nitrogens with one attached hydrogen (secondary N) is 1. The van der Waals surface area contributed by atoms with Crippen molar-refractivity contribution in [2.75, 3.05) is 25.4 Å². The molecule has 1 aromatic heterocycles. The Morgan fingerprint density at radius 3 is 2.29 bits per heavy atom. The highest BCUT2D eigenvalue weighted by Crippen LogP contribution is 2.37. The Hall–Kier alpha value is -3.98. The Bertz CT molecular complexity index is 1320. The minimum Gasteiger partial charge on any atom is -0.493 e. The zero-order valence-corrected chi connectivity index (χ0v) is 20.8. The van der Waals surface area contributed by atoms with Crippen molar-refractivity contribution < 1.29 is 14.3 Å². The number of carbonyl (C=O) groups is 1. The van der Waals surface area contributed by atoms with E-state index in [9.17, 15) is 4.79 Å². The van der Waals surface area contributed by atoms with E-state index in [1.54, 1.807) is 26.4 Å². The molecule has 8 nitrogen and oxygen atoms in total. The highest BCUT2D eigenvalue weighted by Gasteiger charge is 2.26. The molecule has 0 aliphatic heterocycles. The molecule has 0 saturated heterocycles. The summed E-state index contributed by atoms with van der Waals surface area (Å²) in [6, 6.07) is 20.9. The van der Waals surface area contributed by atoms with Crippen molar-refractivity contribution in [1.29, 1.82) is 0 Å². The summed E-state index contributed by atoms with van der Waals surface area (Å²) in [5.74, 6) is 7.80. The lowest BCUT2D eigenvalue weighted by Gasteiger charge is -2.17. The molecule has 1 atom stereocenters. The predicted molar refractivity (Wildman–Crippen MR) is 138 cm³/mol. The van der Waals surface area contributed by atoms with Crippen LogP contribution in [0.3, 0.4) is 0 Å². The number of rotatable bonds is 8. The molecule has 4 rings (SSSR count). The third-order valence-corrected chi connectivity index (χ3v) is 6.57. The standard InChI is InChI=1S/C26H27N5O3S/c1-16-12-17(2)14-20(13-16)28-25(32)23(18-8-6-5-7-9-18)35-26-30-29-24(31(26)27)19-10-11-21(33-3)22(15-19)34-4/h5-15,23H,27H2,1-4H3,(H,28,32). The van der Waals surface area contributed by atoms with Crippen molar-refractivity contribution in [3.05, 3.63) is 83.4 Å². The number of hydrogen-bond donors (Lipinski definition) is 2. The lowest BCUT2D eigenvalue weighted by atomic mass is 10.1. The van der Waals surface area contributed by atoms with Gasteiger partial charge >= 0.3 is 0 Å². The maximum absolute atomic E-state index is 13.4. The second kappa shape index (κ2) is 10.5. The summed E-state index contributed by atoms with van der Waals surface area (Å²) in [6.45, 7) is 4.00. The molecule has 1 amide bonds. The van der Waals surface area contributed by atoms with Crippen LogP contribution in [0.15, 0.2) is 71.9 Å². The molecule has 9 heteroatoms. The van der Waals surface area contributed by atoms with Crippen LogP contribution in [0.25, 0.3) is 11.4 Å². The van der Waals surface area contributed by atoms with E-state index in [1.807, 2.05) is 62.4 Å². The number of nitrogens with two attached hydrogens (primary N) is 1. The summed E-state index contributed by atoms with van der Waals surface area (Å²) in [5, 5.41) is 11.4. The van der Waals surface area contributed by atoms with Crippen LogP contribution in [0.5, 0.6) is 11.5 Å². The monoisotopic (exact) mass is 489 g/mol. The van der Waals surface area contributed by atoms with E-state index in [-0.39, 0.29) is 5.91 Å². The molecule has 1 heterocycles. The van der Waals surface area contributed by atoms with Crippen LogP contribution in [-0.2, 0) is 4.79 Å². The topological polar surface area (TPSA) is 104 Å². The smallest absolute Gasteiger partial charge is 0.242 e. The first-order chi connectivity index (χ1) is 16.9. The number of carbonyl (C=O) groups excluding carboxylic acids is 1. The van der Waals surface area contributed by atoms with Gasteiger partial charge < -0.3 is 20.6 Å². The molecule has 0 radical (unpaired) electrons. The molecule has 4 aromatic rings. The van der Waals surface area contributed by atoms with E-state index in [4.69, 9.17) is 15.3 Å². The van der Waals surface area contributed by atoms with Crippen LogP contribution in [0.4, 0.5) is 5.69 Å². The van der Waals surface area contributed by atoms with Crippen molar-refractivity contribution in [2.24, 2.45) is 0 Å². The van der Waals surface area contributed by atoms with Gasteiger partial charge in [-0.15, -0.1) is 10.2 Å². The van der Waals surface area contributed by atoms with Gasteiger partial charge in [0, 0.05) is 11.3 Å². The molecular formula is C26H27N5O3S. The number of hydrogen-bond acceptors (Lipinski definition) is 7. The highest BCUT2D eigenvalue weighted by atomic mass is 32.2. The average Bonchev–Trinajstić information content (AvgIpc) is 3.21. The molecule has 0 spiro atoms. The first kappa shape index (κ1) is 24.2. The van der Waals surface area contributed by atoms with Gasteiger partial charge in [-0.25, -0.2) is 4.68 Å². The summed E-state index contributed by atoms with van der Waals surface area (Å²) in [5.41, 5.74) is 4.43. The molecular weight excluding hydrogens is 462 g/mol.